The van der Waals surface area contributed by atoms with E-state index in [9.17, 15) is 5.11 Å². The molecule has 1 aromatic rings. The fourth-order valence-corrected chi connectivity index (χ4v) is 3.82. The molecule has 0 radical (unpaired) electrons. The molecule has 1 aliphatic heterocycles. The smallest absolute Gasteiger partial charge is 0.0897 e. The number of hydrogen-bond donors (Lipinski definition) is 2. The zero-order valence-electron chi connectivity index (χ0n) is 12.3. The Bertz CT molecular complexity index is 413. The molecule has 0 spiro atoms. The van der Waals surface area contributed by atoms with Gasteiger partial charge in [0.2, 0.25) is 0 Å². The minimum absolute atomic E-state index is 0.329. The molecule has 2 rings (SSSR count). The number of thioether (sulfide) groups is 1. The minimum atomic E-state index is -0.471. The van der Waals surface area contributed by atoms with Gasteiger partial charge in [0.05, 0.1) is 19.3 Å². The standard InChI is InChI=1S/C16H24ClNO2S/c17-16-7-2-1-5-13(16)11-20-12-14(19)9-18-10-15-6-3-4-8-21-15/h1-2,5,7,14-15,18-19H,3-4,6,8-12H2. The molecule has 5 heteroatoms. The normalized spacial score (nSPS) is 20.4. The molecular formula is C16H24ClNO2S. The summed E-state index contributed by atoms with van der Waals surface area (Å²) in [6.45, 7) is 2.33. The van der Waals surface area contributed by atoms with Gasteiger partial charge >= 0.3 is 0 Å². The molecule has 0 aromatic heterocycles. The van der Waals surface area contributed by atoms with Crippen LogP contribution in [0, 0.1) is 0 Å². The van der Waals surface area contributed by atoms with Crippen molar-refractivity contribution < 1.29 is 9.84 Å². The highest BCUT2D eigenvalue weighted by atomic mass is 35.5. The summed E-state index contributed by atoms with van der Waals surface area (Å²) in [5.41, 5.74) is 0.956. The summed E-state index contributed by atoms with van der Waals surface area (Å²) in [5.74, 6) is 1.27. The van der Waals surface area contributed by atoms with Crippen LogP contribution in [0.3, 0.4) is 0 Å². The van der Waals surface area contributed by atoms with Gasteiger partial charge in [0.1, 0.15) is 0 Å². The van der Waals surface area contributed by atoms with Crippen molar-refractivity contribution in [1.29, 1.82) is 0 Å². The molecule has 0 bridgehead atoms. The monoisotopic (exact) mass is 329 g/mol. The van der Waals surface area contributed by atoms with Crippen molar-refractivity contribution in [2.24, 2.45) is 0 Å². The molecule has 2 atom stereocenters. The van der Waals surface area contributed by atoms with Crippen molar-refractivity contribution in [3.8, 4) is 0 Å². The molecule has 1 aliphatic rings. The van der Waals surface area contributed by atoms with E-state index in [-0.39, 0.29) is 0 Å². The van der Waals surface area contributed by atoms with E-state index in [1.54, 1.807) is 0 Å². The van der Waals surface area contributed by atoms with Crippen molar-refractivity contribution >= 4 is 23.4 Å². The van der Waals surface area contributed by atoms with E-state index in [1.165, 1.54) is 25.0 Å². The van der Waals surface area contributed by atoms with Crippen LogP contribution in [0.1, 0.15) is 24.8 Å². The second-order valence-electron chi connectivity index (χ2n) is 5.41. The Balaban J connectivity index is 1.55. The van der Waals surface area contributed by atoms with Crippen molar-refractivity contribution in [1.82, 2.24) is 5.32 Å². The fourth-order valence-electron chi connectivity index (χ4n) is 2.36. The van der Waals surface area contributed by atoms with Gasteiger partial charge in [-0.15, -0.1) is 0 Å². The molecule has 0 aliphatic carbocycles. The average molecular weight is 330 g/mol. The number of ether oxygens (including phenoxy) is 1. The second kappa shape index (κ2) is 9.70. The lowest BCUT2D eigenvalue weighted by molar-refractivity contribution is 0.0290. The minimum Gasteiger partial charge on any atom is -0.389 e. The van der Waals surface area contributed by atoms with Crippen LogP contribution in [0.5, 0.6) is 0 Å². The van der Waals surface area contributed by atoms with Gasteiger partial charge in [-0.1, -0.05) is 36.2 Å². The van der Waals surface area contributed by atoms with Gasteiger partial charge in [0, 0.05) is 23.4 Å². The number of rotatable bonds is 8. The summed E-state index contributed by atoms with van der Waals surface area (Å²) in [6.07, 6.45) is 3.50. The van der Waals surface area contributed by atoms with Crippen LogP contribution in [-0.4, -0.2) is 41.9 Å². The van der Waals surface area contributed by atoms with E-state index in [0.717, 1.165) is 12.1 Å². The van der Waals surface area contributed by atoms with Gasteiger partial charge in [-0.2, -0.15) is 11.8 Å². The van der Waals surface area contributed by atoms with Gasteiger partial charge in [-0.3, -0.25) is 0 Å². The van der Waals surface area contributed by atoms with Crippen LogP contribution >= 0.6 is 23.4 Å². The summed E-state index contributed by atoms with van der Waals surface area (Å²) in [6, 6.07) is 7.62. The molecule has 3 nitrogen and oxygen atoms in total. The number of hydrogen-bond acceptors (Lipinski definition) is 4. The highest BCUT2D eigenvalue weighted by Gasteiger charge is 2.14. The highest BCUT2D eigenvalue weighted by molar-refractivity contribution is 7.99. The summed E-state index contributed by atoms with van der Waals surface area (Å²) < 4.78 is 5.53. The maximum absolute atomic E-state index is 9.90. The summed E-state index contributed by atoms with van der Waals surface area (Å²) in [7, 11) is 0. The van der Waals surface area contributed by atoms with E-state index in [1.807, 2.05) is 36.0 Å². The molecule has 0 amide bonds. The predicted octanol–water partition coefficient (Wildman–Crippen LogP) is 3.09. The van der Waals surface area contributed by atoms with E-state index in [2.05, 4.69) is 5.32 Å². The van der Waals surface area contributed by atoms with Crippen LogP contribution < -0.4 is 5.32 Å². The quantitative estimate of drug-likeness (QED) is 0.769. The Morgan fingerprint density at radius 1 is 1.38 bits per heavy atom. The van der Waals surface area contributed by atoms with Gasteiger partial charge in [-0.25, -0.2) is 0 Å². The Morgan fingerprint density at radius 3 is 3.00 bits per heavy atom. The van der Waals surface area contributed by atoms with Crippen molar-refractivity contribution in [3.63, 3.8) is 0 Å². The first kappa shape index (κ1) is 17.1. The van der Waals surface area contributed by atoms with Crippen LogP contribution in [-0.2, 0) is 11.3 Å². The van der Waals surface area contributed by atoms with Gasteiger partial charge < -0.3 is 15.2 Å². The lowest BCUT2D eigenvalue weighted by Gasteiger charge is -2.22. The predicted molar refractivity (Wildman–Crippen MR) is 90.1 cm³/mol. The SMILES string of the molecule is OC(CNCC1CCCCS1)COCc1ccccc1Cl. The number of benzene rings is 1. The van der Waals surface area contributed by atoms with Crippen LogP contribution in [0.2, 0.25) is 5.02 Å². The van der Waals surface area contributed by atoms with Crippen LogP contribution in [0.15, 0.2) is 24.3 Å². The Kier molecular flexibility index (Phi) is 7.89. The van der Waals surface area contributed by atoms with Crippen molar-refractivity contribution in [2.45, 2.75) is 37.2 Å². The molecule has 2 unspecified atom stereocenters. The Labute approximate surface area is 136 Å². The van der Waals surface area contributed by atoms with Crippen molar-refractivity contribution in [3.05, 3.63) is 34.9 Å². The van der Waals surface area contributed by atoms with Gasteiger partial charge in [-0.05, 0) is 30.2 Å². The lowest BCUT2D eigenvalue weighted by atomic mass is 10.2. The van der Waals surface area contributed by atoms with E-state index < -0.39 is 6.10 Å². The van der Waals surface area contributed by atoms with E-state index in [4.69, 9.17) is 16.3 Å². The maximum Gasteiger partial charge on any atom is 0.0897 e. The third-order valence-corrected chi connectivity index (χ3v) is 5.32. The molecule has 1 fully saturated rings. The molecule has 0 saturated carbocycles. The first-order valence-electron chi connectivity index (χ1n) is 7.57. The first-order valence-corrected chi connectivity index (χ1v) is 9.00. The molecule has 1 heterocycles. The van der Waals surface area contributed by atoms with Gasteiger partial charge in [0.15, 0.2) is 0 Å². The molecular weight excluding hydrogens is 306 g/mol. The number of aliphatic hydroxyl groups excluding tert-OH is 1. The van der Waals surface area contributed by atoms with Gasteiger partial charge in [0.25, 0.3) is 0 Å². The van der Waals surface area contributed by atoms with E-state index in [0.29, 0.717) is 30.0 Å². The molecule has 21 heavy (non-hydrogen) atoms. The number of aliphatic hydroxyl groups is 1. The highest BCUT2D eigenvalue weighted by Crippen LogP contribution is 2.24. The van der Waals surface area contributed by atoms with Crippen LogP contribution in [0.25, 0.3) is 0 Å². The topological polar surface area (TPSA) is 41.5 Å². The summed E-state index contributed by atoms with van der Waals surface area (Å²) in [4.78, 5) is 0. The van der Waals surface area contributed by atoms with Crippen LogP contribution in [0.4, 0.5) is 0 Å². The lowest BCUT2D eigenvalue weighted by Crippen LogP contribution is -2.35. The summed E-state index contributed by atoms with van der Waals surface area (Å²) in [5, 5.41) is 14.6. The Morgan fingerprint density at radius 2 is 2.24 bits per heavy atom. The Hall–Kier alpha value is -0.260. The zero-order valence-corrected chi connectivity index (χ0v) is 13.8. The maximum atomic E-state index is 9.90. The number of nitrogens with one attached hydrogen (secondary N) is 1. The molecule has 118 valence electrons. The molecule has 2 N–H and O–H groups in total. The number of halogens is 1. The summed E-state index contributed by atoms with van der Waals surface area (Å²) >= 11 is 8.09. The second-order valence-corrected chi connectivity index (χ2v) is 7.22. The third-order valence-electron chi connectivity index (χ3n) is 3.55. The fraction of sp³-hybridized carbons (Fsp3) is 0.625. The first-order chi connectivity index (χ1) is 10.3. The van der Waals surface area contributed by atoms with E-state index >= 15 is 0 Å². The average Bonchev–Trinajstić information content (AvgIpc) is 2.50. The molecule has 1 saturated heterocycles. The third kappa shape index (κ3) is 6.57. The molecule has 1 aromatic carbocycles. The largest absolute Gasteiger partial charge is 0.389 e. The van der Waals surface area contributed by atoms with Crippen molar-refractivity contribution in [2.75, 3.05) is 25.4 Å². The zero-order chi connectivity index (χ0) is 14.9.